The van der Waals surface area contributed by atoms with Gasteiger partial charge in [-0.05, 0) is 55.8 Å². The summed E-state index contributed by atoms with van der Waals surface area (Å²) in [6.45, 7) is 6.15. The molecule has 0 aliphatic rings. The molecule has 1 heteroatoms. The van der Waals surface area contributed by atoms with Crippen molar-refractivity contribution >= 4 is 10.8 Å². The fraction of sp³-hybridized carbons (Fsp3) is 0.286. The Morgan fingerprint density at radius 2 is 1.87 bits per heavy atom. The Balaban J connectivity index is 2.39. The summed E-state index contributed by atoms with van der Waals surface area (Å²) in [5.74, 6) is 0.918. The van der Waals surface area contributed by atoms with Crippen LogP contribution < -0.4 is 4.74 Å². The highest BCUT2D eigenvalue weighted by molar-refractivity contribution is 5.83. The van der Waals surface area contributed by atoms with Gasteiger partial charge in [-0.3, -0.25) is 0 Å². The summed E-state index contributed by atoms with van der Waals surface area (Å²) in [5.41, 5.74) is -0.144. The molecule has 0 fully saturated rings. The van der Waals surface area contributed by atoms with Crippen molar-refractivity contribution in [2.45, 2.75) is 26.4 Å². The summed E-state index contributed by atoms with van der Waals surface area (Å²) < 4.78 is 5.80. The number of benzene rings is 2. The van der Waals surface area contributed by atoms with Crippen LogP contribution in [0, 0.1) is 6.07 Å². The lowest BCUT2D eigenvalue weighted by atomic mass is 10.1. The molecule has 0 spiro atoms. The molecule has 0 bridgehead atoms. The van der Waals surface area contributed by atoms with Crippen molar-refractivity contribution in [2.24, 2.45) is 0 Å². The number of hydrogen-bond acceptors (Lipinski definition) is 1. The fourth-order valence-electron chi connectivity index (χ4n) is 1.52. The average Bonchev–Trinajstić information content (AvgIpc) is 2.15. The lowest BCUT2D eigenvalue weighted by Gasteiger charge is -2.21. The predicted molar refractivity (Wildman–Crippen MR) is 63.2 cm³/mol. The highest BCUT2D eigenvalue weighted by Crippen LogP contribution is 2.23. The van der Waals surface area contributed by atoms with E-state index in [9.17, 15) is 0 Å². The zero-order valence-corrected chi connectivity index (χ0v) is 9.37. The van der Waals surface area contributed by atoms with Crippen molar-refractivity contribution in [1.29, 1.82) is 0 Å². The third kappa shape index (κ3) is 2.50. The number of ether oxygens (including phenoxy) is 1. The molecule has 2 rings (SSSR count). The molecule has 0 saturated heterocycles. The molecule has 0 atom stereocenters. The minimum Gasteiger partial charge on any atom is -0.488 e. The van der Waals surface area contributed by atoms with Crippen molar-refractivity contribution in [2.75, 3.05) is 0 Å². The van der Waals surface area contributed by atoms with Crippen LogP contribution in [0.1, 0.15) is 20.8 Å². The minimum atomic E-state index is -0.144. The summed E-state index contributed by atoms with van der Waals surface area (Å²) in [6, 6.07) is 15.1. The Morgan fingerprint density at radius 3 is 2.60 bits per heavy atom. The molecule has 2 aromatic rings. The van der Waals surface area contributed by atoms with Gasteiger partial charge < -0.3 is 4.74 Å². The first-order valence-electron chi connectivity index (χ1n) is 5.13. The minimum absolute atomic E-state index is 0.144. The molecule has 0 unspecified atom stereocenters. The Bertz CT molecular complexity index is 466. The van der Waals surface area contributed by atoms with Crippen LogP contribution in [-0.4, -0.2) is 5.60 Å². The monoisotopic (exact) mass is 199 g/mol. The average molecular weight is 199 g/mol. The van der Waals surface area contributed by atoms with Gasteiger partial charge in [-0.25, -0.2) is 0 Å². The van der Waals surface area contributed by atoms with Crippen LogP contribution in [0.3, 0.4) is 0 Å². The summed E-state index contributed by atoms with van der Waals surface area (Å²) in [6.07, 6.45) is 0. The molecule has 0 aliphatic heterocycles. The molecule has 2 aromatic carbocycles. The van der Waals surface area contributed by atoms with E-state index in [-0.39, 0.29) is 5.60 Å². The van der Waals surface area contributed by atoms with Gasteiger partial charge in [0.25, 0.3) is 0 Å². The Hall–Kier alpha value is -1.50. The molecule has 0 saturated carbocycles. The van der Waals surface area contributed by atoms with E-state index in [4.69, 9.17) is 4.74 Å². The van der Waals surface area contributed by atoms with Crippen LogP contribution in [0.4, 0.5) is 0 Å². The lowest BCUT2D eigenvalue weighted by Crippen LogP contribution is -2.22. The van der Waals surface area contributed by atoms with Gasteiger partial charge in [0, 0.05) is 0 Å². The summed E-state index contributed by atoms with van der Waals surface area (Å²) in [4.78, 5) is 0. The molecule has 0 N–H and O–H groups in total. The maximum absolute atomic E-state index is 5.80. The fourth-order valence-corrected chi connectivity index (χ4v) is 1.52. The van der Waals surface area contributed by atoms with Gasteiger partial charge in [-0.1, -0.05) is 18.2 Å². The number of rotatable bonds is 1. The molecule has 1 radical (unpaired) electrons. The van der Waals surface area contributed by atoms with Crippen LogP contribution in [0.2, 0.25) is 0 Å². The smallest absolute Gasteiger partial charge is 0.120 e. The number of hydrogen-bond donors (Lipinski definition) is 0. The van der Waals surface area contributed by atoms with E-state index >= 15 is 0 Å². The van der Waals surface area contributed by atoms with E-state index in [2.05, 4.69) is 39.0 Å². The van der Waals surface area contributed by atoms with Crippen molar-refractivity contribution in [1.82, 2.24) is 0 Å². The maximum atomic E-state index is 5.80. The third-order valence-corrected chi connectivity index (χ3v) is 2.08. The van der Waals surface area contributed by atoms with E-state index in [1.54, 1.807) is 0 Å². The zero-order valence-electron chi connectivity index (χ0n) is 9.37. The molecule has 0 heterocycles. The maximum Gasteiger partial charge on any atom is 0.120 e. The van der Waals surface area contributed by atoms with Gasteiger partial charge in [0.1, 0.15) is 11.4 Å². The topological polar surface area (TPSA) is 9.23 Å². The van der Waals surface area contributed by atoms with E-state index in [0.717, 1.165) is 5.75 Å². The first-order valence-corrected chi connectivity index (χ1v) is 5.13. The van der Waals surface area contributed by atoms with E-state index in [0.29, 0.717) is 0 Å². The van der Waals surface area contributed by atoms with Gasteiger partial charge >= 0.3 is 0 Å². The molecular weight excluding hydrogens is 184 g/mol. The largest absolute Gasteiger partial charge is 0.488 e. The van der Waals surface area contributed by atoms with Crippen molar-refractivity contribution < 1.29 is 4.74 Å². The summed E-state index contributed by atoms with van der Waals surface area (Å²) in [7, 11) is 0. The molecule has 1 nitrogen and oxygen atoms in total. The van der Waals surface area contributed by atoms with Crippen LogP contribution in [0.15, 0.2) is 36.4 Å². The van der Waals surface area contributed by atoms with E-state index in [1.165, 1.54) is 10.8 Å². The highest BCUT2D eigenvalue weighted by atomic mass is 16.5. The van der Waals surface area contributed by atoms with Gasteiger partial charge in [-0.2, -0.15) is 0 Å². The second-order valence-electron chi connectivity index (χ2n) is 4.65. The van der Waals surface area contributed by atoms with Gasteiger partial charge in [0.05, 0.1) is 0 Å². The second-order valence-corrected chi connectivity index (χ2v) is 4.65. The molecule has 0 amide bonds. The van der Waals surface area contributed by atoms with Gasteiger partial charge in [-0.15, -0.1) is 0 Å². The van der Waals surface area contributed by atoms with E-state index < -0.39 is 0 Å². The van der Waals surface area contributed by atoms with Crippen LogP contribution in [-0.2, 0) is 0 Å². The van der Waals surface area contributed by atoms with Gasteiger partial charge in [0.15, 0.2) is 0 Å². The Morgan fingerprint density at radius 1 is 1.07 bits per heavy atom. The quantitative estimate of drug-likeness (QED) is 0.678. The van der Waals surface area contributed by atoms with Crippen molar-refractivity contribution in [3.05, 3.63) is 42.5 Å². The van der Waals surface area contributed by atoms with Crippen LogP contribution >= 0.6 is 0 Å². The van der Waals surface area contributed by atoms with Crippen molar-refractivity contribution in [3.8, 4) is 5.75 Å². The van der Waals surface area contributed by atoms with Crippen LogP contribution in [0.25, 0.3) is 10.8 Å². The molecular formula is C14H15O. The van der Waals surface area contributed by atoms with Gasteiger partial charge in [0.2, 0.25) is 0 Å². The standard InChI is InChI=1S/C14H15O/c1-14(2,3)15-13-9-8-11-6-4-5-7-12(11)10-13/h5-10H,1-3H3. The first-order chi connectivity index (χ1) is 7.04. The van der Waals surface area contributed by atoms with Crippen LogP contribution in [0.5, 0.6) is 5.75 Å². The second kappa shape index (κ2) is 3.58. The normalized spacial score (nSPS) is 11.7. The SMILES string of the molecule is CC(C)(C)Oc1ccc2c[c]ccc2c1. The lowest BCUT2D eigenvalue weighted by molar-refractivity contribution is 0.131. The summed E-state index contributed by atoms with van der Waals surface area (Å²) >= 11 is 0. The molecule has 0 aromatic heterocycles. The third-order valence-electron chi connectivity index (χ3n) is 2.08. The zero-order chi connectivity index (χ0) is 10.9. The highest BCUT2D eigenvalue weighted by Gasteiger charge is 2.11. The number of fused-ring (bicyclic) bond motifs is 1. The molecule has 0 aliphatic carbocycles. The molecule has 15 heavy (non-hydrogen) atoms. The predicted octanol–water partition coefficient (Wildman–Crippen LogP) is 3.82. The van der Waals surface area contributed by atoms with E-state index in [1.807, 2.05) is 24.3 Å². The van der Waals surface area contributed by atoms with Crippen molar-refractivity contribution in [3.63, 3.8) is 0 Å². The Labute approximate surface area is 90.7 Å². The first kappa shape index (κ1) is 10.0. The molecule has 77 valence electrons. The Kier molecular flexibility index (Phi) is 2.39. The summed E-state index contributed by atoms with van der Waals surface area (Å²) in [5, 5.41) is 2.38.